The molecule has 0 saturated heterocycles. The van der Waals surface area contributed by atoms with E-state index >= 15 is 0 Å². The molecule has 2 aromatic heterocycles. The van der Waals surface area contributed by atoms with Gasteiger partial charge in [-0.15, -0.1) is 0 Å². The van der Waals surface area contributed by atoms with Crippen molar-refractivity contribution in [1.82, 2.24) is 10.1 Å². The molecule has 25 heavy (non-hydrogen) atoms. The first-order valence-electron chi connectivity index (χ1n) is 8.15. The van der Waals surface area contributed by atoms with Crippen LogP contribution in [0, 0.1) is 0 Å². The molecule has 0 aliphatic heterocycles. The van der Waals surface area contributed by atoms with E-state index in [4.69, 9.17) is 36.8 Å². The second-order valence-electron chi connectivity index (χ2n) is 5.73. The van der Waals surface area contributed by atoms with Crippen LogP contribution in [-0.4, -0.2) is 23.4 Å². The fourth-order valence-corrected chi connectivity index (χ4v) is 4.97. The molecule has 0 bridgehead atoms. The van der Waals surface area contributed by atoms with E-state index in [1.54, 1.807) is 13.8 Å². The summed E-state index contributed by atoms with van der Waals surface area (Å²) in [4.78, 5) is 3.96. The lowest BCUT2D eigenvalue weighted by atomic mass is 10.1. The summed E-state index contributed by atoms with van der Waals surface area (Å²) in [7, 11) is -3.33. The number of halogens is 2. The van der Waals surface area contributed by atoms with E-state index in [-0.39, 0.29) is 25.3 Å². The standard InChI is InChI=1S/C16H19Cl2N2O4P/c1-3-22-25(21,23-4-2)9-11-15(20-24-16(11)10-5-6-10)14-12(17)7-19-8-13(14)18/h7-8,10H,3-6,9H2,1-2H3. The molecule has 2 heterocycles. The minimum Gasteiger partial charge on any atom is -0.360 e. The highest BCUT2D eigenvalue weighted by atomic mass is 35.5. The topological polar surface area (TPSA) is 74.5 Å². The van der Waals surface area contributed by atoms with Crippen molar-refractivity contribution < 1.29 is 18.1 Å². The number of hydrogen-bond acceptors (Lipinski definition) is 6. The third-order valence-electron chi connectivity index (χ3n) is 3.86. The van der Waals surface area contributed by atoms with E-state index in [9.17, 15) is 4.57 Å². The van der Waals surface area contributed by atoms with Crippen LogP contribution in [0.3, 0.4) is 0 Å². The molecule has 0 aromatic carbocycles. The summed E-state index contributed by atoms with van der Waals surface area (Å²) in [6, 6.07) is 0. The van der Waals surface area contributed by atoms with Crippen molar-refractivity contribution in [3.8, 4) is 11.3 Å². The Morgan fingerprint density at radius 1 is 1.20 bits per heavy atom. The van der Waals surface area contributed by atoms with Gasteiger partial charge in [0.15, 0.2) is 0 Å². The van der Waals surface area contributed by atoms with Gasteiger partial charge < -0.3 is 13.6 Å². The lowest BCUT2D eigenvalue weighted by Crippen LogP contribution is -2.01. The Morgan fingerprint density at radius 2 is 1.80 bits per heavy atom. The maximum absolute atomic E-state index is 13.0. The van der Waals surface area contributed by atoms with E-state index in [1.165, 1.54) is 12.4 Å². The van der Waals surface area contributed by atoms with Gasteiger partial charge in [-0.1, -0.05) is 28.4 Å². The molecule has 0 radical (unpaired) electrons. The quantitative estimate of drug-likeness (QED) is 0.526. The minimum absolute atomic E-state index is 0.0638. The van der Waals surface area contributed by atoms with Gasteiger partial charge >= 0.3 is 7.60 Å². The number of hydrogen-bond donors (Lipinski definition) is 0. The van der Waals surface area contributed by atoms with E-state index in [0.29, 0.717) is 32.6 Å². The minimum atomic E-state index is -3.33. The molecule has 9 heteroatoms. The summed E-state index contributed by atoms with van der Waals surface area (Å²) in [5.74, 6) is 0.978. The van der Waals surface area contributed by atoms with Crippen molar-refractivity contribution >= 4 is 30.8 Å². The van der Waals surface area contributed by atoms with Crippen LogP contribution in [0.1, 0.15) is 43.9 Å². The van der Waals surface area contributed by atoms with E-state index in [2.05, 4.69) is 10.1 Å². The predicted octanol–water partition coefficient (Wildman–Crippen LogP) is 5.69. The Labute approximate surface area is 156 Å². The number of pyridine rings is 1. The van der Waals surface area contributed by atoms with Crippen LogP contribution in [-0.2, 0) is 19.8 Å². The molecule has 1 aliphatic carbocycles. The third-order valence-corrected chi connectivity index (χ3v) is 6.44. The fraction of sp³-hybridized carbons (Fsp3) is 0.500. The lowest BCUT2D eigenvalue weighted by molar-refractivity contribution is 0.219. The number of rotatable bonds is 8. The van der Waals surface area contributed by atoms with Crippen LogP contribution in [0.5, 0.6) is 0 Å². The van der Waals surface area contributed by atoms with Gasteiger partial charge in [0.05, 0.1) is 29.4 Å². The van der Waals surface area contributed by atoms with E-state index < -0.39 is 7.60 Å². The summed E-state index contributed by atoms with van der Waals surface area (Å²) in [5, 5.41) is 4.88. The van der Waals surface area contributed by atoms with Crippen molar-refractivity contribution in [3.63, 3.8) is 0 Å². The normalized spacial score (nSPS) is 14.9. The Balaban J connectivity index is 2.08. The van der Waals surface area contributed by atoms with Gasteiger partial charge in [0.25, 0.3) is 0 Å². The van der Waals surface area contributed by atoms with Crippen molar-refractivity contribution in [2.24, 2.45) is 0 Å². The molecule has 0 atom stereocenters. The van der Waals surface area contributed by atoms with Gasteiger partial charge in [0.2, 0.25) is 0 Å². The van der Waals surface area contributed by atoms with Crippen LogP contribution in [0.4, 0.5) is 0 Å². The highest BCUT2D eigenvalue weighted by Crippen LogP contribution is 2.55. The van der Waals surface area contributed by atoms with E-state index in [1.807, 2.05) is 0 Å². The summed E-state index contributed by atoms with van der Waals surface area (Å²) < 4.78 is 29.5. The maximum atomic E-state index is 13.0. The van der Waals surface area contributed by atoms with Crippen LogP contribution in [0.2, 0.25) is 10.0 Å². The molecule has 1 fully saturated rings. The van der Waals surface area contributed by atoms with Gasteiger partial charge in [0, 0.05) is 29.4 Å². The van der Waals surface area contributed by atoms with E-state index in [0.717, 1.165) is 12.8 Å². The van der Waals surface area contributed by atoms with Gasteiger partial charge in [-0.2, -0.15) is 0 Å². The zero-order chi connectivity index (χ0) is 18.0. The van der Waals surface area contributed by atoms with Crippen LogP contribution >= 0.6 is 30.8 Å². The highest BCUT2D eigenvalue weighted by Gasteiger charge is 2.37. The monoisotopic (exact) mass is 404 g/mol. The summed E-state index contributed by atoms with van der Waals surface area (Å²) in [5.41, 5.74) is 1.67. The second-order valence-corrected chi connectivity index (χ2v) is 8.60. The van der Waals surface area contributed by atoms with Gasteiger partial charge in [-0.25, -0.2) is 0 Å². The molecule has 0 spiro atoms. The van der Waals surface area contributed by atoms with Crippen molar-refractivity contribution in [3.05, 3.63) is 33.8 Å². The molecule has 136 valence electrons. The molecule has 1 saturated carbocycles. The molecular weight excluding hydrogens is 386 g/mol. The Hall–Kier alpha value is -0.910. The predicted molar refractivity (Wildman–Crippen MR) is 96.3 cm³/mol. The molecule has 2 aromatic rings. The van der Waals surface area contributed by atoms with Crippen LogP contribution in [0.25, 0.3) is 11.3 Å². The molecule has 0 unspecified atom stereocenters. The van der Waals surface area contributed by atoms with Crippen molar-refractivity contribution in [2.75, 3.05) is 13.2 Å². The Morgan fingerprint density at radius 3 is 2.32 bits per heavy atom. The summed E-state index contributed by atoms with van der Waals surface area (Å²) >= 11 is 12.5. The molecule has 0 amide bonds. The summed E-state index contributed by atoms with van der Waals surface area (Å²) in [6.07, 6.45) is 5.06. The zero-order valence-electron chi connectivity index (χ0n) is 14.0. The SMILES string of the molecule is CCOP(=O)(Cc1c(-c2c(Cl)cncc2Cl)noc1C1CC1)OCC. The first-order valence-corrected chi connectivity index (χ1v) is 10.6. The first-order chi connectivity index (χ1) is 12.0. The third kappa shape index (κ3) is 4.09. The van der Waals surface area contributed by atoms with Crippen LogP contribution in [0.15, 0.2) is 16.9 Å². The number of aromatic nitrogens is 2. The van der Waals surface area contributed by atoms with Gasteiger partial charge in [-0.05, 0) is 26.7 Å². The largest absolute Gasteiger partial charge is 0.360 e. The molecule has 6 nitrogen and oxygen atoms in total. The average molecular weight is 405 g/mol. The zero-order valence-corrected chi connectivity index (χ0v) is 16.4. The Bertz CT molecular complexity index is 777. The Kier molecular flexibility index (Phi) is 5.86. The van der Waals surface area contributed by atoms with Crippen molar-refractivity contribution in [1.29, 1.82) is 0 Å². The molecule has 0 N–H and O–H groups in total. The average Bonchev–Trinajstić information content (AvgIpc) is 3.31. The van der Waals surface area contributed by atoms with Crippen LogP contribution < -0.4 is 0 Å². The molecular formula is C16H19Cl2N2O4P. The molecule has 1 aliphatic rings. The fourth-order valence-electron chi connectivity index (χ4n) is 2.69. The van der Waals surface area contributed by atoms with Gasteiger partial charge in [0.1, 0.15) is 11.5 Å². The number of nitrogens with zero attached hydrogens (tertiary/aromatic N) is 2. The smallest absolute Gasteiger partial charge is 0.335 e. The summed E-state index contributed by atoms with van der Waals surface area (Å²) in [6.45, 7) is 4.12. The second kappa shape index (κ2) is 7.77. The van der Waals surface area contributed by atoms with Crippen molar-refractivity contribution in [2.45, 2.75) is 38.8 Å². The molecule has 3 rings (SSSR count). The first kappa shape index (κ1) is 18.9. The van der Waals surface area contributed by atoms with Gasteiger partial charge in [-0.3, -0.25) is 9.55 Å². The highest BCUT2D eigenvalue weighted by molar-refractivity contribution is 7.53. The maximum Gasteiger partial charge on any atom is 0.335 e. The lowest BCUT2D eigenvalue weighted by Gasteiger charge is -2.17.